The second kappa shape index (κ2) is 4.18. The van der Waals surface area contributed by atoms with Gasteiger partial charge in [0, 0.05) is 17.1 Å². The van der Waals surface area contributed by atoms with Crippen LogP contribution in [0.25, 0.3) is 11.3 Å². The van der Waals surface area contributed by atoms with Crippen LogP contribution in [0.1, 0.15) is 5.56 Å². The lowest BCUT2D eigenvalue weighted by atomic mass is 10.1. The van der Waals surface area contributed by atoms with Gasteiger partial charge in [0.25, 0.3) is 0 Å². The summed E-state index contributed by atoms with van der Waals surface area (Å²) in [6.45, 7) is 0. The van der Waals surface area contributed by atoms with E-state index < -0.39 is 11.7 Å². The Bertz CT molecular complexity index is 546. The Morgan fingerprint density at radius 2 is 1.88 bits per heavy atom. The van der Waals surface area contributed by atoms with E-state index in [1.807, 2.05) is 0 Å². The minimum atomic E-state index is -4.40. The topological polar surface area (TPSA) is 17.8 Å². The molecule has 0 unspecified atom stereocenters. The van der Waals surface area contributed by atoms with Crippen molar-refractivity contribution in [3.05, 3.63) is 40.5 Å². The molecule has 6 heteroatoms. The summed E-state index contributed by atoms with van der Waals surface area (Å²) in [5.41, 5.74) is -0.197. The fraction of sp³-hybridized carbons (Fsp3) is 0.182. The third-order valence-electron chi connectivity index (χ3n) is 2.37. The highest BCUT2D eigenvalue weighted by atomic mass is 79.9. The smallest absolute Gasteiger partial charge is 0.267 e. The van der Waals surface area contributed by atoms with Gasteiger partial charge in [0.15, 0.2) is 0 Å². The van der Waals surface area contributed by atoms with Crippen molar-refractivity contribution < 1.29 is 13.2 Å². The first-order chi connectivity index (χ1) is 7.91. The summed E-state index contributed by atoms with van der Waals surface area (Å²) in [6, 6.07) is 6.75. The summed E-state index contributed by atoms with van der Waals surface area (Å²) in [7, 11) is 1.49. The first kappa shape index (κ1) is 12.2. The van der Waals surface area contributed by atoms with Gasteiger partial charge in [-0.05, 0) is 6.07 Å². The van der Waals surface area contributed by atoms with Crippen LogP contribution in [-0.2, 0) is 13.2 Å². The molecule has 17 heavy (non-hydrogen) atoms. The average molecular weight is 305 g/mol. The lowest BCUT2D eigenvalue weighted by molar-refractivity contribution is -0.137. The van der Waals surface area contributed by atoms with Crippen molar-refractivity contribution in [2.24, 2.45) is 7.05 Å². The Morgan fingerprint density at radius 3 is 2.47 bits per heavy atom. The first-order valence-corrected chi connectivity index (χ1v) is 5.54. The number of hydrogen-bond donors (Lipinski definition) is 0. The maximum atomic E-state index is 12.8. The van der Waals surface area contributed by atoms with Gasteiger partial charge in [-0.2, -0.15) is 18.3 Å². The van der Waals surface area contributed by atoms with Gasteiger partial charge in [-0.1, -0.05) is 34.1 Å². The van der Waals surface area contributed by atoms with Gasteiger partial charge in [0.2, 0.25) is 0 Å². The molecule has 1 heterocycles. The molecule has 0 bridgehead atoms. The summed E-state index contributed by atoms with van der Waals surface area (Å²) >= 11 is 3.24. The number of nitrogens with zero attached hydrogens (tertiary/aromatic N) is 2. The number of hydrogen-bond acceptors (Lipinski definition) is 1. The van der Waals surface area contributed by atoms with Crippen LogP contribution >= 0.6 is 15.9 Å². The van der Waals surface area contributed by atoms with Gasteiger partial charge in [-0.3, -0.25) is 4.68 Å². The lowest BCUT2D eigenvalue weighted by Gasteiger charge is -2.10. The van der Waals surface area contributed by atoms with Crippen LogP contribution in [0.5, 0.6) is 0 Å². The molecule has 0 aliphatic rings. The van der Waals surface area contributed by atoms with Gasteiger partial charge in [0.1, 0.15) is 5.56 Å². The van der Waals surface area contributed by atoms with Crippen molar-refractivity contribution in [2.45, 2.75) is 6.18 Å². The number of halogens is 4. The molecule has 0 spiro atoms. The summed E-state index contributed by atoms with van der Waals surface area (Å²) in [5, 5.41) is 3.68. The van der Waals surface area contributed by atoms with Crippen LogP contribution < -0.4 is 0 Å². The molecule has 0 aliphatic heterocycles. The van der Waals surface area contributed by atoms with E-state index in [4.69, 9.17) is 0 Å². The Labute approximate surface area is 104 Å². The number of rotatable bonds is 1. The third-order valence-corrected chi connectivity index (χ3v) is 3.06. The Balaban J connectivity index is 2.68. The predicted octanol–water partition coefficient (Wildman–Crippen LogP) is 3.87. The second-order valence-corrected chi connectivity index (χ2v) is 4.36. The third kappa shape index (κ3) is 2.22. The molecule has 0 radical (unpaired) electrons. The summed E-state index contributed by atoms with van der Waals surface area (Å²) < 4.78 is 40.3. The standard InChI is InChI=1S/C11H8BrF3N2/c1-17-10(7-4-2-3-5-9(7)12)8(6-16-17)11(13,14)15/h2-6H,1H3. The molecule has 2 nitrogen and oxygen atoms in total. The molecule has 90 valence electrons. The van der Waals surface area contributed by atoms with Crippen molar-refractivity contribution in [1.82, 2.24) is 9.78 Å². The quantitative estimate of drug-likeness (QED) is 0.782. The highest BCUT2D eigenvalue weighted by Gasteiger charge is 2.36. The van der Waals surface area contributed by atoms with Gasteiger partial charge >= 0.3 is 6.18 Å². The van der Waals surface area contributed by atoms with Crippen LogP contribution in [-0.4, -0.2) is 9.78 Å². The normalized spacial score (nSPS) is 11.8. The van der Waals surface area contributed by atoms with Crippen LogP contribution in [0.15, 0.2) is 34.9 Å². The molecule has 0 fully saturated rings. The van der Waals surface area contributed by atoms with Crippen molar-refractivity contribution in [2.75, 3.05) is 0 Å². The molecule has 0 atom stereocenters. The molecule has 0 saturated carbocycles. The SMILES string of the molecule is Cn1ncc(C(F)(F)F)c1-c1ccccc1Br. The molecular formula is C11H8BrF3N2. The van der Waals surface area contributed by atoms with Crippen LogP contribution in [0.2, 0.25) is 0 Å². The lowest BCUT2D eigenvalue weighted by Crippen LogP contribution is -2.07. The van der Waals surface area contributed by atoms with E-state index in [1.54, 1.807) is 24.3 Å². The molecule has 1 aromatic carbocycles. The molecule has 0 saturated heterocycles. The van der Waals surface area contributed by atoms with Crippen LogP contribution in [0.4, 0.5) is 13.2 Å². The van der Waals surface area contributed by atoms with Crippen molar-refractivity contribution >= 4 is 15.9 Å². The maximum absolute atomic E-state index is 12.8. The summed E-state index contributed by atoms with van der Waals surface area (Å²) in [4.78, 5) is 0. The van der Waals surface area contributed by atoms with Crippen LogP contribution in [0, 0.1) is 0 Å². The Kier molecular flexibility index (Phi) is 2.99. The molecule has 2 aromatic rings. The van der Waals surface area contributed by atoms with E-state index in [1.165, 1.54) is 11.7 Å². The van der Waals surface area contributed by atoms with E-state index in [9.17, 15) is 13.2 Å². The zero-order valence-corrected chi connectivity index (χ0v) is 10.4. The monoisotopic (exact) mass is 304 g/mol. The van der Waals surface area contributed by atoms with Crippen LogP contribution in [0.3, 0.4) is 0 Å². The van der Waals surface area contributed by atoms with E-state index in [0.717, 1.165) is 6.20 Å². The van der Waals surface area contributed by atoms with E-state index in [-0.39, 0.29) is 5.69 Å². The molecule has 0 amide bonds. The minimum Gasteiger partial charge on any atom is -0.267 e. The molecule has 1 aromatic heterocycles. The largest absolute Gasteiger partial charge is 0.420 e. The zero-order chi connectivity index (χ0) is 12.6. The number of aryl methyl sites for hydroxylation is 1. The fourth-order valence-electron chi connectivity index (χ4n) is 1.62. The average Bonchev–Trinajstić information content (AvgIpc) is 2.60. The Morgan fingerprint density at radius 1 is 1.24 bits per heavy atom. The summed E-state index contributed by atoms with van der Waals surface area (Å²) in [5.74, 6) is 0. The zero-order valence-electron chi connectivity index (χ0n) is 8.79. The van der Waals surface area contributed by atoms with E-state index in [0.29, 0.717) is 10.0 Å². The van der Waals surface area contributed by atoms with Gasteiger partial charge < -0.3 is 0 Å². The van der Waals surface area contributed by atoms with Gasteiger partial charge in [-0.25, -0.2) is 0 Å². The first-order valence-electron chi connectivity index (χ1n) is 4.75. The van der Waals surface area contributed by atoms with Gasteiger partial charge in [-0.15, -0.1) is 0 Å². The van der Waals surface area contributed by atoms with Gasteiger partial charge in [0.05, 0.1) is 11.9 Å². The fourth-order valence-corrected chi connectivity index (χ4v) is 2.09. The molecule has 2 rings (SSSR count). The maximum Gasteiger partial charge on any atom is 0.420 e. The highest BCUT2D eigenvalue weighted by Crippen LogP contribution is 2.38. The van der Waals surface area contributed by atoms with Crippen molar-refractivity contribution in [3.63, 3.8) is 0 Å². The minimum absolute atomic E-state index is 0.0602. The Hall–Kier alpha value is -1.30. The van der Waals surface area contributed by atoms with E-state index >= 15 is 0 Å². The number of alkyl halides is 3. The van der Waals surface area contributed by atoms with Crippen molar-refractivity contribution in [1.29, 1.82) is 0 Å². The van der Waals surface area contributed by atoms with E-state index in [2.05, 4.69) is 21.0 Å². The second-order valence-electron chi connectivity index (χ2n) is 3.51. The predicted molar refractivity (Wildman–Crippen MR) is 61.3 cm³/mol. The number of aromatic nitrogens is 2. The molecule has 0 aliphatic carbocycles. The number of benzene rings is 1. The molecule has 0 N–H and O–H groups in total. The highest BCUT2D eigenvalue weighted by molar-refractivity contribution is 9.10. The molecular weight excluding hydrogens is 297 g/mol. The summed E-state index contributed by atoms with van der Waals surface area (Å²) in [6.07, 6.45) is -3.56. The van der Waals surface area contributed by atoms with Crippen molar-refractivity contribution in [3.8, 4) is 11.3 Å².